The summed E-state index contributed by atoms with van der Waals surface area (Å²) in [5, 5.41) is 9.95. The summed E-state index contributed by atoms with van der Waals surface area (Å²) >= 11 is 0. The first-order valence-electron chi connectivity index (χ1n) is 9.54. The average Bonchev–Trinajstić information content (AvgIpc) is 2.69. The van der Waals surface area contributed by atoms with Crippen LogP contribution in [0, 0.1) is 6.92 Å². The van der Waals surface area contributed by atoms with Gasteiger partial charge in [0.05, 0.1) is 11.9 Å². The van der Waals surface area contributed by atoms with E-state index in [-0.39, 0.29) is 17.3 Å². The first-order valence-corrected chi connectivity index (χ1v) is 11.4. The number of nitrogens with zero attached hydrogens (tertiary/aromatic N) is 1. The zero-order chi connectivity index (χ0) is 21.5. The van der Waals surface area contributed by atoms with Crippen molar-refractivity contribution in [2.24, 2.45) is 0 Å². The number of amides is 1. The number of hydrogen-bond acceptors (Lipinski definition) is 4. The topological polar surface area (TPSA) is 86.7 Å². The molecule has 1 heterocycles. The van der Waals surface area contributed by atoms with Crippen molar-refractivity contribution in [3.8, 4) is 16.9 Å². The predicted molar refractivity (Wildman–Crippen MR) is 119 cm³/mol. The Morgan fingerprint density at radius 2 is 1.67 bits per heavy atom. The highest BCUT2D eigenvalue weighted by atomic mass is 32.2. The van der Waals surface area contributed by atoms with Crippen LogP contribution < -0.4 is 9.62 Å². The zero-order valence-corrected chi connectivity index (χ0v) is 17.5. The van der Waals surface area contributed by atoms with E-state index in [0.717, 1.165) is 22.9 Å². The fraction of sp³-hybridized carbons (Fsp3) is 0.174. The molecule has 7 heteroatoms. The number of hydrogen-bond donors (Lipinski definition) is 2. The molecular weight excluding hydrogens is 400 g/mol. The Labute approximate surface area is 175 Å². The average molecular weight is 423 g/mol. The van der Waals surface area contributed by atoms with Gasteiger partial charge in [0.1, 0.15) is 5.75 Å². The molecule has 30 heavy (non-hydrogen) atoms. The molecule has 0 atom stereocenters. The monoisotopic (exact) mass is 422 g/mol. The first-order chi connectivity index (χ1) is 14.2. The molecule has 4 rings (SSSR count). The van der Waals surface area contributed by atoms with Crippen molar-refractivity contribution >= 4 is 27.3 Å². The maximum Gasteiger partial charge on any atom is 0.258 e. The van der Waals surface area contributed by atoms with Crippen LogP contribution in [0.25, 0.3) is 11.1 Å². The molecule has 0 fully saturated rings. The Morgan fingerprint density at radius 1 is 0.967 bits per heavy atom. The maximum atomic E-state index is 13.1. The van der Waals surface area contributed by atoms with Gasteiger partial charge in [-0.2, -0.15) is 0 Å². The van der Waals surface area contributed by atoms with Crippen LogP contribution >= 0.6 is 0 Å². The highest BCUT2D eigenvalue weighted by molar-refractivity contribution is 7.92. The van der Waals surface area contributed by atoms with Gasteiger partial charge in [0.15, 0.2) is 0 Å². The van der Waals surface area contributed by atoms with E-state index in [9.17, 15) is 18.3 Å². The van der Waals surface area contributed by atoms with Crippen LogP contribution in [0.1, 0.15) is 21.5 Å². The largest absolute Gasteiger partial charge is 0.506 e. The second-order valence-electron chi connectivity index (χ2n) is 7.52. The van der Waals surface area contributed by atoms with Gasteiger partial charge in [-0.05, 0) is 54.3 Å². The maximum absolute atomic E-state index is 13.1. The number of aromatic hydroxyl groups is 1. The SMILES string of the molecule is Cc1ccc(-c2ccc3c(c2)CCN(c2ccc(O)c(NS(C)(=O)=O)c2)C3=O)cc1. The number of anilines is 2. The summed E-state index contributed by atoms with van der Waals surface area (Å²) in [6.07, 6.45) is 1.68. The summed E-state index contributed by atoms with van der Waals surface area (Å²) in [7, 11) is -3.56. The minimum atomic E-state index is -3.56. The summed E-state index contributed by atoms with van der Waals surface area (Å²) in [6.45, 7) is 2.51. The van der Waals surface area contributed by atoms with Gasteiger partial charge < -0.3 is 10.0 Å². The molecule has 2 N–H and O–H groups in total. The van der Waals surface area contributed by atoms with Gasteiger partial charge in [-0.3, -0.25) is 9.52 Å². The molecule has 1 aliphatic heterocycles. The highest BCUT2D eigenvalue weighted by Crippen LogP contribution is 2.33. The predicted octanol–water partition coefficient (Wildman–Crippen LogP) is 3.94. The van der Waals surface area contributed by atoms with Gasteiger partial charge in [-0.15, -0.1) is 0 Å². The molecule has 0 bridgehead atoms. The van der Waals surface area contributed by atoms with Crippen LogP contribution in [0.2, 0.25) is 0 Å². The second-order valence-corrected chi connectivity index (χ2v) is 9.27. The van der Waals surface area contributed by atoms with Crippen molar-refractivity contribution in [3.05, 3.63) is 77.4 Å². The third-order valence-corrected chi connectivity index (χ3v) is 5.75. The fourth-order valence-electron chi connectivity index (χ4n) is 3.63. The van der Waals surface area contributed by atoms with Crippen molar-refractivity contribution in [1.29, 1.82) is 0 Å². The lowest BCUT2D eigenvalue weighted by molar-refractivity contribution is 0.0980. The summed E-state index contributed by atoms with van der Waals surface area (Å²) < 4.78 is 25.3. The molecule has 6 nitrogen and oxygen atoms in total. The first kappa shape index (κ1) is 20.0. The Balaban J connectivity index is 1.64. The van der Waals surface area contributed by atoms with Gasteiger partial charge >= 0.3 is 0 Å². The molecule has 0 unspecified atom stereocenters. The van der Waals surface area contributed by atoms with Crippen molar-refractivity contribution in [2.45, 2.75) is 13.3 Å². The van der Waals surface area contributed by atoms with E-state index < -0.39 is 10.0 Å². The molecule has 1 aliphatic rings. The van der Waals surface area contributed by atoms with Crippen LogP contribution in [0.5, 0.6) is 5.75 Å². The number of rotatable bonds is 4. The van der Waals surface area contributed by atoms with E-state index in [4.69, 9.17) is 0 Å². The second kappa shape index (κ2) is 7.50. The normalized spacial score (nSPS) is 13.8. The minimum Gasteiger partial charge on any atom is -0.506 e. The quantitative estimate of drug-likeness (QED) is 0.624. The summed E-state index contributed by atoms with van der Waals surface area (Å²) in [4.78, 5) is 14.7. The van der Waals surface area contributed by atoms with Gasteiger partial charge in [-0.25, -0.2) is 8.42 Å². The Kier molecular flexibility index (Phi) is 4.99. The molecular formula is C23H22N2O4S. The molecule has 0 radical (unpaired) electrons. The molecule has 154 valence electrons. The van der Waals surface area contributed by atoms with E-state index in [1.165, 1.54) is 17.7 Å². The molecule has 0 saturated heterocycles. The Hall–Kier alpha value is -3.32. The number of carbonyl (C=O) groups excluding carboxylic acids is 1. The molecule has 3 aromatic carbocycles. The van der Waals surface area contributed by atoms with Crippen LogP contribution in [-0.2, 0) is 16.4 Å². The van der Waals surface area contributed by atoms with Crippen LogP contribution in [0.4, 0.5) is 11.4 Å². The summed E-state index contributed by atoms with van der Waals surface area (Å²) in [6, 6.07) is 18.6. The molecule has 0 spiro atoms. The van der Waals surface area contributed by atoms with Gasteiger partial charge in [0, 0.05) is 17.8 Å². The van der Waals surface area contributed by atoms with Crippen molar-refractivity contribution < 1.29 is 18.3 Å². The van der Waals surface area contributed by atoms with E-state index in [1.54, 1.807) is 11.0 Å². The van der Waals surface area contributed by atoms with Crippen LogP contribution in [-0.4, -0.2) is 32.2 Å². The van der Waals surface area contributed by atoms with Gasteiger partial charge in [0.2, 0.25) is 10.0 Å². The smallest absolute Gasteiger partial charge is 0.258 e. The lowest BCUT2D eigenvalue weighted by Crippen LogP contribution is -2.37. The Morgan fingerprint density at radius 3 is 2.37 bits per heavy atom. The van der Waals surface area contributed by atoms with E-state index >= 15 is 0 Å². The van der Waals surface area contributed by atoms with E-state index in [1.807, 2.05) is 19.1 Å². The van der Waals surface area contributed by atoms with E-state index in [0.29, 0.717) is 24.2 Å². The van der Waals surface area contributed by atoms with Gasteiger partial charge in [-0.1, -0.05) is 42.0 Å². The summed E-state index contributed by atoms with van der Waals surface area (Å²) in [5.74, 6) is -0.348. The Bertz CT molecular complexity index is 1230. The minimum absolute atomic E-state index is 0.0447. The third kappa shape index (κ3) is 4.02. The number of sulfonamides is 1. The number of benzene rings is 3. The molecule has 3 aromatic rings. The van der Waals surface area contributed by atoms with Crippen molar-refractivity contribution in [3.63, 3.8) is 0 Å². The number of carbonyl (C=O) groups is 1. The summed E-state index contributed by atoms with van der Waals surface area (Å²) in [5.41, 5.74) is 5.56. The van der Waals surface area contributed by atoms with Gasteiger partial charge in [0.25, 0.3) is 5.91 Å². The van der Waals surface area contributed by atoms with E-state index in [2.05, 4.69) is 35.1 Å². The number of phenolic OH excluding ortho intramolecular Hbond substituents is 1. The number of aryl methyl sites for hydroxylation is 1. The number of fused-ring (bicyclic) bond motifs is 1. The standard InChI is InChI=1S/C23H22N2O4S/c1-15-3-5-16(6-4-15)17-7-9-20-18(13-17)11-12-25(23(20)27)19-8-10-22(26)21(14-19)24-30(2,28)29/h3-10,13-14,24,26H,11-12H2,1-2H3. The molecule has 0 saturated carbocycles. The lowest BCUT2D eigenvalue weighted by atomic mass is 9.93. The molecule has 1 amide bonds. The lowest BCUT2D eigenvalue weighted by Gasteiger charge is -2.29. The highest BCUT2D eigenvalue weighted by Gasteiger charge is 2.26. The zero-order valence-electron chi connectivity index (χ0n) is 16.7. The van der Waals surface area contributed by atoms with Crippen LogP contribution in [0.3, 0.4) is 0 Å². The molecule has 0 aliphatic carbocycles. The third-order valence-electron chi connectivity index (χ3n) is 5.16. The number of nitrogens with one attached hydrogen (secondary N) is 1. The fourth-order valence-corrected chi connectivity index (χ4v) is 4.20. The van der Waals surface area contributed by atoms with Crippen molar-refractivity contribution in [2.75, 3.05) is 22.4 Å². The van der Waals surface area contributed by atoms with Crippen molar-refractivity contribution in [1.82, 2.24) is 0 Å². The van der Waals surface area contributed by atoms with Crippen LogP contribution in [0.15, 0.2) is 60.7 Å². The number of phenols is 1. The molecule has 0 aromatic heterocycles.